The predicted octanol–water partition coefficient (Wildman–Crippen LogP) is 5.01. The molecule has 0 saturated carbocycles. The van der Waals surface area contributed by atoms with Gasteiger partial charge in [0, 0.05) is 21.0 Å². The predicted molar refractivity (Wildman–Crippen MR) is 102 cm³/mol. The molecule has 0 unspecified atom stereocenters. The molecular formula is C18H12Cl2N2O3S. The summed E-state index contributed by atoms with van der Waals surface area (Å²) < 4.78 is 7.18. The van der Waals surface area contributed by atoms with Crippen LogP contribution in [0, 0.1) is 0 Å². The highest BCUT2D eigenvalue weighted by Crippen LogP contribution is 2.35. The van der Waals surface area contributed by atoms with E-state index >= 15 is 0 Å². The van der Waals surface area contributed by atoms with Gasteiger partial charge in [0.15, 0.2) is 5.69 Å². The van der Waals surface area contributed by atoms with Crippen LogP contribution in [0.1, 0.15) is 26.6 Å². The number of hydrogen-bond acceptors (Lipinski definition) is 4. The van der Waals surface area contributed by atoms with E-state index in [9.17, 15) is 9.90 Å². The molecule has 3 aromatic rings. The zero-order chi connectivity index (χ0) is 18.3. The Balaban J connectivity index is 1.97. The maximum absolute atomic E-state index is 11.7. The molecule has 3 heterocycles. The molecule has 4 rings (SSSR count). The molecule has 0 saturated heterocycles. The van der Waals surface area contributed by atoms with E-state index in [1.165, 1.54) is 0 Å². The summed E-state index contributed by atoms with van der Waals surface area (Å²) in [6.07, 6.45) is 1.98. The number of thiophene rings is 1. The summed E-state index contributed by atoms with van der Waals surface area (Å²) >= 11 is 13.9. The van der Waals surface area contributed by atoms with E-state index in [1.807, 2.05) is 23.6 Å². The van der Waals surface area contributed by atoms with Crippen molar-refractivity contribution < 1.29 is 14.6 Å². The van der Waals surface area contributed by atoms with Crippen molar-refractivity contribution in [2.75, 3.05) is 6.61 Å². The number of carboxylic acids is 1. The van der Waals surface area contributed by atoms with Crippen LogP contribution in [-0.4, -0.2) is 27.5 Å². The van der Waals surface area contributed by atoms with Gasteiger partial charge in [-0.2, -0.15) is 5.10 Å². The smallest absolute Gasteiger partial charge is 0.356 e. The number of carboxylic acid groups (broad SMARTS) is 1. The molecule has 0 bridgehead atoms. The molecule has 0 fully saturated rings. The number of hydrogen-bond donors (Lipinski definition) is 1. The maximum Gasteiger partial charge on any atom is 0.356 e. The zero-order valence-corrected chi connectivity index (χ0v) is 15.6. The number of benzene rings is 1. The molecule has 1 aliphatic rings. The second-order valence-corrected chi connectivity index (χ2v) is 7.49. The van der Waals surface area contributed by atoms with Crippen LogP contribution in [0.5, 0.6) is 0 Å². The van der Waals surface area contributed by atoms with Gasteiger partial charge in [0.05, 0.1) is 29.6 Å². The first-order valence-corrected chi connectivity index (χ1v) is 9.31. The summed E-state index contributed by atoms with van der Waals surface area (Å²) in [6, 6.07) is 8.97. The van der Waals surface area contributed by atoms with Gasteiger partial charge in [0.25, 0.3) is 0 Å². The number of aromatic carboxylic acids is 1. The third-order valence-corrected chi connectivity index (χ3v) is 5.35. The van der Waals surface area contributed by atoms with Crippen molar-refractivity contribution in [2.45, 2.75) is 6.61 Å². The van der Waals surface area contributed by atoms with E-state index < -0.39 is 5.97 Å². The minimum Gasteiger partial charge on any atom is -0.476 e. The fourth-order valence-corrected chi connectivity index (χ4v) is 4.07. The summed E-state index contributed by atoms with van der Waals surface area (Å²) in [5.74, 6) is -1.11. The molecule has 0 spiro atoms. The van der Waals surface area contributed by atoms with Crippen molar-refractivity contribution in [3.63, 3.8) is 0 Å². The fourth-order valence-electron chi connectivity index (χ4n) is 2.90. The minimum absolute atomic E-state index is 0.0391. The number of nitrogens with zero attached hydrogens (tertiary/aromatic N) is 2. The van der Waals surface area contributed by atoms with E-state index in [0.29, 0.717) is 33.6 Å². The summed E-state index contributed by atoms with van der Waals surface area (Å²) in [6.45, 7) is 0.546. The van der Waals surface area contributed by atoms with Gasteiger partial charge in [-0.05, 0) is 35.7 Å². The minimum atomic E-state index is -1.11. The van der Waals surface area contributed by atoms with Crippen molar-refractivity contribution in [1.29, 1.82) is 0 Å². The van der Waals surface area contributed by atoms with Crippen LogP contribution in [-0.2, 0) is 11.3 Å². The Labute approximate surface area is 163 Å². The summed E-state index contributed by atoms with van der Waals surface area (Å²) in [4.78, 5) is 12.7. The lowest BCUT2D eigenvalue weighted by molar-refractivity contribution is 0.0683. The highest BCUT2D eigenvalue weighted by molar-refractivity contribution is 7.10. The van der Waals surface area contributed by atoms with E-state index in [-0.39, 0.29) is 12.3 Å². The Kier molecular flexibility index (Phi) is 4.58. The van der Waals surface area contributed by atoms with Crippen LogP contribution in [0.3, 0.4) is 0 Å². The lowest BCUT2D eigenvalue weighted by Crippen LogP contribution is -2.13. The van der Waals surface area contributed by atoms with Gasteiger partial charge in [-0.1, -0.05) is 29.3 Å². The Bertz CT molecular complexity index is 1030. The van der Waals surface area contributed by atoms with Gasteiger partial charge < -0.3 is 9.84 Å². The molecule has 0 atom stereocenters. The number of aromatic nitrogens is 2. The molecule has 0 radical (unpaired) electrons. The fraction of sp³-hybridized carbons (Fsp3) is 0.111. The molecule has 0 amide bonds. The van der Waals surface area contributed by atoms with Crippen LogP contribution in [0.4, 0.5) is 0 Å². The van der Waals surface area contributed by atoms with Crippen LogP contribution in [0.2, 0.25) is 10.0 Å². The average molecular weight is 407 g/mol. The first kappa shape index (κ1) is 17.3. The summed E-state index contributed by atoms with van der Waals surface area (Å²) in [5.41, 5.74) is 2.62. The molecule has 26 heavy (non-hydrogen) atoms. The van der Waals surface area contributed by atoms with Gasteiger partial charge in [-0.25, -0.2) is 9.48 Å². The van der Waals surface area contributed by atoms with Gasteiger partial charge in [0.2, 0.25) is 0 Å². The molecule has 2 aromatic heterocycles. The molecule has 132 valence electrons. The largest absolute Gasteiger partial charge is 0.476 e. The third kappa shape index (κ3) is 3.05. The van der Waals surface area contributed by atoms with Crippen molar-refractivity contribution in [1.82, 2.24) is 9.78 Å². The second kappa shape index (κ2) is 6.89. The number of halogens is 2. The van der Waals surface area contributed by atoms with Gasteiger partial charge in [-0.15, -0.1) is 11.3 Å². The number of ether oxygens (including phenoxy) is 1. The normalized spacial score (nSPS) is 15.2. The van der Waals surface area contributed by atoms with Gasteiger partial charge in [-0.3, -0.25) is 0 Å². The lowest BCUT2D eigenvalue weighted by Gasteiger charge is -2.19. The van der Waals surface area contributed by atoms with Crippen molar-refractivity contribution in [3.8, 4) is 5.69 Å². The lowest BCUT2D eigenvalue weighted by atomic mass is 10.0. The highest BCUT2D eigenvalue weighted by Gasteiger charge is 2.29. The summed E-state index contributed by atoms with van der Waals surface area (Å²) in [5, 5.41) is 16.7. The zero-order valence-electron chi connectivity index (χ0n) is 13.3. The van der Waals surface area contributed by atoms with E-state index in [1.54, 1.807) is 34.2 Å². The number of fused-ring (bicyclic) bond motifs is 1. The number of rotatable bonds is 3. The first-order chi connectivity index (χ1) is 12.5. The Morgan fingerprint density at radius 1 is 1.31 bits per heavy atom. The third-order valence-electron chi connectivity index (χ3n) is 3.99. The SMILES string of the molecule is O=C(O)c1nn(-c2ccc(Cl)cc2Cl)c2c1COCC2=Cc1cccs1. The Hall–Kier alpha value is -2.12. The first-order valence-electron chi connectivity index (χ1n) is 7.67. The number of carbonyl (C=O) groups is 1. The van der Waals surface area contributed by atoms with Crippen molar-refractivity contribution >= 4 is 52.2 Å². The van der Waals surface area contributed by atoms with Crippen LogP contribution in [0.25, 0.3) is 17.3 Å². The van der Waals surface area contributed by atoms with Crippen LogP contribution >= 0.6 is 34.5 Å². The molecule has 1 aliphatic heterocycles. The van der Waals surface area contributed by atoms with Crippen molar-refractivity contribution in [3.05, 3.63) is 67.6 Å². The van der Waals surface area contributed by atoms with E-state index in [0.717, 1.165) is 10.5 Å². The Morgan fingerprint density at radius 2 is 2.15 bits per heavy atom. The molecule has 1 aromatic carbocycles. The molecule has 0 aliphatic carbocycles. The average Bonchev–Trinajstić information content (AvgIpc) is 3.23. The highest BCUT2D eigenvalue weighted by atomic mass is 35.5. The molecule has 5 nitrogen and oxygen atoms in total. The topological polar surface area (TPSA) is 64.3 Å². The van der Waals surface area contributed by atoms with E-state index in [4.69, 9.17) is 27.9 Å². The van der Waals surface area contributed by atoms with Crippen molar-refractivity contribution in [2.24, 2.45) is 0 Å². The summed E-state index contributed by atoms with van der Waals surface area (Å²) in [7, 11) is 0. The standard InChI is InChI=1S/C18H12Cl2N2O3S/c19-11-3-4-15(14(20)7-11)22-17-10(6-12-2-1-5-26-12)8-25-9-13(17)16(21-22)18(23)24/h1-7H,8-9H2,(H,23,24). The van der Waals surface area contributed by atoms with Crippen LogP contribution in [0.15, 0.2) is 35.7 Å². The second-order valence-electron chi connectivity index (χ2n) is 5.67. The molecule has 8 heteroatoms. The van der Waals surface area contributed by atoms with Gasteiger partial charge in [0.1, 0.15) is 0 Å². The maximum atomic E-state index is 11.7. The van der Waals surface area contributed by atoms with Crippen LogP contribution < -0.4 is 0 Å². The van der Waals surface area contributed by atoms with Gasteiger partial charge >= 0.3 is 5.97 Å². The quantitative estimate of drug-likeness (QED) is 0.663. The molecular weight excluding hydrogens is 395 g/mol. The Morgan fingerprint density at radius 3 is 2.85 bits per heavy atom. The molecule has 1 N–H and O–H groups in total. The van der Waals surface area contributed by atoms with E-state index in [2.05, 4.69) is 5.10 Å². The monoisotopic (exact) mass is 406 g/mol.